The maximum atomic E-state index is 12.0. The molecule has 1 aliphatic heterocycles. The van der Waals surface area contributed by atoms with Crippen molar-refractivity contribution >= 4 is 5.91 Å². The van der Waals surface area contributed by atoms with Gasteiger partial charge in [-0.05, 0) is 25.2 Å². The van der Waals surface area contributed by atoms with Crippen LogP contribution >= 0.6 is 0 Å². The molecule has 0 unspecified atom stereocenters. The Labute approximate surface area is 103 Å². The standard InChI is InChI=1S/C13H24N2O2/c1-10(14)12(17)15-7-11(8-16)13(9-15)5-3-2-4-6-13/h10-11,16H,2-9,14H2,1H3/t10-,11-/m1/s1. The summed E-state index contributed by atoms with van der Waals surface area (Å²) in [7, 11) is 0. The van der Waals surface area contributed by atoms with E-state index in [1.54, 1.807) is 6.92 Å². The number of nitrogens with two attached hydrogens (primary N) is 1. The molecule has 0 bridgehead atoms. The zero-order valence-electron chi connectivity index (χ0n) is 10.7. The van der Waals surface area contributed by atoms with E-state index < -0.39 is 6.04 Å². The topological polar surface area (TPSA) is 66.6 Å². The van der Waals surface area contributed by atoms with Gasteiger partial charge in [-0.1, -0.05) is 19.3 Å². The van der Waals surface area contributed by atoms with Crippen LogP contribution in [0.3, 0.4) is 0 Å². The molecule has 1 aliphatic carbocycles. The van der Waals surface area contributed by atoms with Gasteiger partial charge in [0.1, 0.15) is 0 Å². The quantitative estimate of drug-likeness (QED) is 0.748. The summed E-state index contributed by atoms with van der Waals surface area (Å²) in [6.07, 6.45) is 6.07. The number of aliphatic hydroxyl groups is 1. The highest BCUT2D eigenvalue weighted by Gasteiger charge is 2.47. The van der Waals surface area contributed by atoms with Crippen molar-refractivity contribution in [2.75, 3.05) is 19.7 Å². The summed E-state index contributed by atoms with van der Waals surface area (Å²) in [6, 6.07) is -0.423. The Kier molecular flexibility index (Phi) is 3.73. The van der Waals surface area contributed by atoms with Crippen LogP contribution in [-0.2, 0) is 4.79 Å². The molecule has 3 N–H and O–H groups in total. The Morgan fingerprint density at radius 1 is 1.47 bits per heavy atom. The van der Waals surface area contributed by atoms with E-state index in [9.17, 15) is 9.90 Å². The maximum Gasteiger partial charge on any atom is 0.239 e. The summed E-state index contributed by atoms with van der Waals surface area (Å²) in [6.45, 7) is 3.43. The van der Waals surface area contributed by atoms with Crippen molar-refractivity contribution < 1.29 is 9.90 Å². The lowest BCUT2D eigenvalue weighted by molar-refractivity contribution is -0.131. The van der Waals surface area contributed by atoms with Crippen molar-refractivity contribution in [2.24, 2.45) is 17.1 Å². The molecule has 2 rings (SSSR count). The molecular weight excluding hydrogens is 216 g/mol. The van der Waals surface area contributed by atoms with Crippen LogP contribution in [0, 0.1) is 11.3 Å². The first-order chi connectivity index (χ1) is 8.09. The molecule has 98 valence electrons. The Hall–Kier alpha value is -0.610. The zero-order chi connectivity index (χ0) is 12.5. The Bertz CT molecular complexity index is 285. The highest BCUT2D eigenvalue weighted by Crippen LogP contribution is 2.47. The largest absolute Gasteiger partial charge is 0.396 e. The molecule has 4 nitrogen and oxygen atoms in total. The van der Waals surface area contributed by atoms with Crippen molar-refractivity contribution in [2.45, 2.75) is 45.1 Å². The van der Waals surface area contributed by atoms with Crippen LogP contribution in [0.25, 0.3) is 0 Å². The molecule has 0 aromatic rings. The Balaban J connectivity index is 2.10. The fraction of sp³-hybridized carbons (Fsp3) is 0.923. The van der Waals surface area contributed by atoms with E-state index in [1.807, 2.05) is 4.90 Å². The van der Waals surface area contributed by atoms with E-state index in [0.717, 1.165) is 19.4 Å². The van der Waals surface area contributed by atoms with Gasteiger partial charge in [0.15, 0.2) is 0 Å². The predicted octanol–water partition coefficient (Wildman–Crippen LogP) is 0.735. The molecular formula is C13H24N2O2. The van der Waals surface area contributed by atoms with Crippen LogP contribution in [0.5, 0.6) is 0 Å². The molecule has 1 saturated heterocycles. The van der Waals surface area contributed by atoms with Gasteiger partial charge in [-0.3, -0.25) is 4.79 Å². The first kappa shape index (κ1) is 12.8. The van der Waals surface area contributed by atoms with Crippen molar-refractivity contribution in [1.82, 2.24) is 4.90 Å². The number of nitrogens with zero attached hydrogens (tertiary/aromatic N) is 1. The minimum Gasteiger partial charge on any atom is -0.396 e. The number of aliphatic hydroxyl groups excluding tert-OH is 1. The lowest BCUT2D eigenvalue weighted by atomic mass is 9.68. The van der Waals surface area contributed by atoms with Crippen LogP contribution in [0.4, 0.5) is 0 Å². The fourth-order valence-corrected chi connectivity index (χ4v) is 3.56. The molecule has 0 aromatic carbocycles. The molecule has 2 fully saturated rings. The summed E-state index contributed by atoms with van der Waals surface area (Å²) in [4.78, 5) is 13.8. The minimum atomic E-state index is -0.423. The SMILES string of the molecule is C[C@@H](N)C(=O)N1C[C@H](CO)C2(CCCCC2)C1. The predicted molar refractivity (Wildman–Crippen MR) is 66.3 cm³/mol. The third-order valence-corrected chi connectivity index (χ3v) is 4.58. The highest BCUT2D eigenvalue weighted by atomic mass is 16.3. The number of hydrogen-bond acceptors (Lipinski definition) is 3. The van der Waals surface area contributed by atoms with Crippen molar-refractivity contribution in [3.8, 4) is 0 Å². The summed E-state index contributed by atoms with van der Waals surface area (Å²) in [5.41, 5.74) is 5.85. The second-order valence-corrected chi connectivity index (χ2v) is 5.81. The molecule has 0 aromatic heterocycles. The second-order valence-electron chi connectivity index (χ2n) is 5.81. The summed E-state index contributed by atoms with van der Waals surface area (Å²) >= 11 is 0. The molecule has 2 aliphatic rings. The first-order valence-corrected chi connectivity index (χ1v) is 6.74. The number of amides is 1. The average Bonchev–Trinajstić information content (AvgIpc) is 2.67. The van der Waals surface area contributed by atoms with Gasteiger partial charge < -0.3 is 15.7 Å². The van der Waals surface area contributed by atoms with E-state index in [1.165, 1.54) is 19.3 Å². The van der Waals surface area contributed by atoms with E-state index in [0.29, 0.717) is 6.54 Å². The van der Waals surface area contributed by atoms with E-state index in [4.69, 9.17) is 5.73 Å². The minimum absolute atomic E-state index is 0.0332. The van der Waals surface area contributed by atoms with E-state index in [2.05, 4.69) is 0 Å². The number of rotatable bonds is 2. The normalized spacial score (nSPS) is 29.6. The summed E-state index contributed by atoms with van der Waals surface area (Å²) in [5, 5.41) is 9.55. The van der Waals surface area contributed by atoms with E-state index >= 15 is 0 Å². The second kappa shape index (κ2) is 4.94. The maximum absolute atomic E-state index is 12.0. The first-order valence-electron chi connectivity index (χ1n) is 6.74. The molecule has 1 saturated carbocycles. The van der Waals surface area contributed by atoms with Gasteiger partial charge in [0.2, 0.25) is 5.91 Å². The number of carbonyl (C=O) groups is 1. The van der Waals surface area contributed by atoms with Gasteiger partial charge in [-0.25, -0.2) is 0 Å². The number of carbonyl (C=O) groups excluding carboxylic acids is 1. The van der Waals surface area contributed by atoms with Crippen molar-refractivity contribution in [1.29, 1.82) is 0 Å². The monoisotopic (exact) mass is 240 g/mol. The zero-order valence-corrected chi connectivity index (χ0v) is 10.7. The Morgan fingerprint density at radius 2 is 2.12 bits per heavy atom. The van der Waals surface area contributed by atoms with Gasteiger partial charge in [0.25, 0.3) is 0 Å². The molecule has 1 heterocycles. The molecule has 4 heteroatoms. The lowest BCUT2D eigenvalue weighted by Gasteiger charge is -2.37. The molecule has 0 radical (unpaired) electrons. The van der Waals surface area contributed by atoms with Crippen molar-refractivity contribution in [3.05, 3.63) is 0 Å². The van der Waals surface area contributed by atoms with Gasteiger partial charge in [0.05, 0.1) is 6.04 Å². The third-order valence-electron chi connectivity index (χ3n) is 4.58. The van der Waals surface area contributed by atoms with Crippen LogP contribution in [0.1, 0.15) is 39.0 Å². The average molecular weight is 240 g/mol. The fourth-order valence-electron chi connectivity index (χ4n) is 3.56. The Morgan fingerprint density at radius 3 is 2.65 bits per heavy atom. The van der Waals surface area contributed by atoms with Gasteiger partial charge >= 0.3 is 0 Å². The van der Waals surface area contributed by atoms with E-state index in [-0.39, 0.29) is 23.8 Å². The van der Waals surface area contributed by atoms with Crippen LogP contribution in [0.2, 0.25) is 0 Å². The van der Waals surface area contributed by atoms with Gasteiger partial charge in [-0.2, -0.15) is 0 Å². The number of hydrogen-bond donors (Lipinski definition) is 2. The molecule has 1 amide bonds. The molecule has 2 atom stereocenters. The molecule has 17 heavy (non-hydrogen) atoms. The third kappa shape index (κ3) is 2.33. The van der Waals surface area contributed by atoms with Crippen LogP contribution in [0.15, 0.2) is 0 Å². The molecule has 1 spiro atoms. The van der Waals surface area contributed by atoms with Crippen LogP contribution < -0.4 is 5.73 Å². The van der Waals surface area contributed by atoms with Gasteiger partial charge in [0, 0.05) is 25.6 Å². The smallest absolute Gasteiger partial charge is 0.239 e. The van der Waals surface area contributed by atoms with Crippen molar-refractivity contribution in [3.63, 3.8) is 0 Å². The highest BCUT2D eigenvalue weighted by molar-refractivity contribution is 5.81. The summed E-state index contributed by atoms with van der Waals surface area (Å²) in [5.74, 6) is 0.288. The van der Waals surface area contributed by atoms with Gasteiger partial charge in [-0.15, -0.1) is 0 Å². The lowest BCUT2D eigenvalue weighted by Crippen LogP contribution is -2.42. The van der Waals surface area contributed by atoms with Crippen LogP contribution in [-0.4, -0.2) is 41.7 Å². The summed E-state index contributed by atoms with van der Waals surface area (Å²) < 4.78 is 0. The number of likely N-dealkylation sites (tertiary alicyclic amines) is 1.